The Hall–Kier alpha value is -2.95. The summed E-state index contributed by atoms with van der Waals surface area (Å²) < 4.78 is 0. The molecular weight excluding hydrogens is 416 g/mol. The number of amides is 3. The summed E-state index contributed by atoms with van der Waals surface area (Å²) in [5.41, 5.74) is 0.657. The number of aromatic nitrogens is 2. The van der Waals surface area contributed by atoms with Gasteiger partial charge in [0.2, 0.25) is 17.7 Å². The van der Waals surface area contributed by atoms with Crippen LogP contribution in [0.2, 0.25) is 0 Å². The van der Waals surface area contributed by atoms with E-state index in [1.807, 2.05) is 0 Å². The van der Waals surface area contributed by atoms with Crippen LogP contribution in [-0.4, -0.2) is 92.4 Å². The molecule has 11 heteroatoms. The molecule has 3 amide bonds. The van der Waals surface area contributed by atoms with Crippen molar-refractivity contribution in [3.63, 3.8) is 0 Å². The minimum atomic E-state index is -1.04. The van der Waals surface area contributed by atoms with E-state index >= 15 is 0 Å². The number of nitrogens with zero attached hydrogens (tertiary/aromatic N) is 3. The number of carbonyl (C=O) groups is 4. The molecule has 4 atom stereocenters. The quantitative estimate of drug-likeness (QED) is 0.431. The molecule has 3 saturated heterocycles. The Balaban J connectivity index is 1.48. The number of imidazole rings is 1. The van der Waals surface area contributed by atoms with Gasteiger partial charge in [-0.1, -0.05) is 0 Å². The minimum absolute atomic E-state index is 0.0675. The summed E-state index contributed by atoms with van der Waals surface area (Å²) in [5, 5.41) is 15.5. The Bertz CT molecular complexity index is 853. The van der Waals surface area contributed by atoms with Gasteiger partial charge in [0.15, 0.2) is 0 Å². The van der Waals surface area contributed by atoms with Gasteiger partial charge in [0.25, 0.3) is 0 Å². The van der Waals surface area contributed by atoms with Crippen LogP contribution in [0.15, 0.2) is 12.5 Å². The smallest absolute Gasteiger partial charge is 0.326 e. The van der Waals surface area contributed by atoms with Crippen LogP contribution < -0.4 is 10.6 Å². The summed E-state index contributed by atoms with van der Waals surface area (Å²) in [6.45, 7) is 1.65. The normalized spacial score (nSPS) is 26.3. The van der Waals surface area contributed by atoms with E-state index in [1.54, 1.807) is 11.1 Å². The Morgan fingerprint density at radius 2 is 1.84 bits per heavy atom. The van der Waals surface area contributed by atoms with Gasteiger partial charge in [0, 0.05) is 31.4 Å². The Morgan fingerprint density at radius 3 is 2.50 bits per heavy atom. The van der Waals surface area contributed by atoms with Crippen LogP contribution in [0.1, 0.15) is 44.2 Å². The van der Waals surface area contributed by atoms with E-state index in [-0.39, 0.29) is 24.3 Å². The fourth-order valence-electron chi connectivity index (χ4n) is 4.97. The van der Waals surface area contributed by atoms with E-state index in [0.29, 0.717) is 38.0 Å². The van der Waals surface area contributed by atoms with Crippen molar-refractivity contribution in [1.29, 1.82) is 0 Å². The monoisotopic (exact) mass is 446 g/mol. The Morgan fingerprint density at radius 1 is 1.09 bits per heavy atom. The molecule has 0 aromatic carbocycles. The highest BCUT2D eigenvalue weighted by molar-refractivity contribution is 5.94. The summed E-state index contributed by atoms with van der Waals surface area (Å²) >= 11 is 0. The number of H-pyrrole nitrogens is 1. The van der Waals surface area contributed by atoms with Crippen LogP contribution in [0.5, 0.6) is 0 Å². The van der Waals surface area contributed by atoms with Gasteiger partial charge in [-0.25, -0.2) is 9.78 Å². The van der Waals surface area contributed by atoms with Crippen molar-refractivity contribution in [3.8, 4) is 0 Å². The maximum absolute atomic E-state index is 13.3. The van der Waals surface area contributed by atoms with E-state index in [4.69, 9.17) is 0 Å². The third kappa shape index (κ3) is 4.62. The lowest BCUT2D eigenvalue weighted by atomic mass is 10.1. The molecule has 1 aromatic heterocycles. The molecular formula is C21H30N6O5. The fraction of sp³-hybridized carbons (Fsp3) is 0.667. The number of carbonyl (C=O) groups excluding carboxylic acids is 3. The van der Waals surface area contributed by atoms with Crippen LogP contribution in [0.25, 0.3) is 0 Å². The average molecular weight is 447 g/mol. The van der Waals surface area contributed by atoms with Crippen LogP contribution in [0.3, 0.4) is 0 Å². The zero-order valence-corrected chi connectivity index (χ0v) is 18.0. The molecule has 0 saturated carbocycles. The van der Waals surface area contributed by atoms with Crippen molar-refractivity contribution >= 4 is 23.7 Å². The van der Waals surface area contributed by atoms with Crippen molar-refractivity contribution in [2.24, 2.45) is 0 Å². The van der Waals surface area contributed by atoms with E-state index in [0.717, 1.165) is 25.8 Å². The maximum Gasteiger partial charge on any atom is 0.326 e. The maximum atomic E-state index is 13.3. The van der Waals surface area contributed by atoms with Crippen molar-refractivity contribution in [2.45, 2.75) is 69.1 Å². The lowest BCUT2D eigenvalue weighted by Crippen LogP contribution is -2.57. The van der Waals surface area contributed by atoms with Crippen molar-refractivity contribution < 1.29 is 24.3 Å². The molecule has 3 aliphatic heterocycles. The first kappa shape index (κ1) is 22.3. The van der Waals surface area contributed by atoms with Gasteiger partial charge in [0.1, 0.15) is 18.1 Å². The summed E-state index contributed by atoms with van der Waals surface area (Å²) in [6, 6.07) is -2.71. The van der Waals surface area contributed by atoms with Crippen LogP contribution >= 0.6 is 0 Å². The summed E-state index contributed by atoms with van der Waals surface area (Å²) in [5.74, 6) is -1.91. The third-order valence-corrected chi connectivity index (χ3v) is 6.61. The van der Waals surface area contributed by atoms with Gasteiger partial charge < -0.3 is 30.5 Å². The molecule has 0 bridgehead atoms. The van der Waals surface area contributed by atoms with Crippen LogP contribution in [-0.2, 0) is 25.6 Å². The van der Waals surface area contributed by atoms with Gasteiger partial charge >= 0.3 is 5.97 Å². The SMILES string of the molecule is O=C(O)[C@@H]1CCCN1C(=O)[C@H](Cc1cnc[nH]1)NC(=O)[C@@H]1CCCN1C(=O)[C@@H]1CCCN1. The van der Waals surface area contributed by atoms with E-state index in [2.05, 4.69) is 20.6 Å². The molecule has 32 heavy (non-hydrogen) atoms. The highest BCUT2D eigenvalue weighted by Gasteiger charge is 2.41. The lowest BCUT2D eigenvalue weighted by molar-refractivity contribution is -0.149. The summed E-state index contributed by atoms with van der Waals surface area (Å²) in [4.78, 5) is 60.8. The predicted octanol–water partition coefficient (Wildman–Crippen LogP) is -0.744. The van der Waals surface area contributed by atoms with E-state index < -0.39 is 30.0 Å². The van der Waals surface area contributed by atoms with E-state index in [1.165, 1.54) is 11.2 Å². The Kier molecular flexibility index (Phi) is 6.73. The van der Waals surface area contributed by atoms with Gasteiger partial charge in [-0.05, 0) is 45.1 Å². The number of carboxylic acid groups (broad SMARTS) is 1. The number of nitrogens with one attached hydrogen (secondary N) is 3. The molecule has 3 fully saturated rings. The second-order valence-corrected chi connectivity index (χ2v) is 8.71. The topological polar surface area (TPSA) is 148 Å². The molecule has 1 aromatic rings. The van der Waals surface area contributed by atoms with E-state index in [9.17, 15) is 24.3 Å². The number of hydrogen-bond acceptors (Lipinski definition) is 6. The first-order chi connectivity index (χ1) is 15.5. The van der Waals surface area contributed by atoms with Gasteiger partial charge in [0.05, 0.1) is 12.4 Å². The summed E-state index contributed by atoms with van der Waals surface area (Å²) in [6.07, 6.45) is 7.18. The van der Waals surface area contributed by atoms with Gasteiger partial charge in [-0.15, -0.1) is 0 Å². The second kappa shape index (κ2) is 9.68. The molecule has 11 nitrogen and oxygen atoms in total. The zero-order chi connectivity index (χ0) is 22.7. The fourth-order valence-corrected chi connectivity index (χ4v) is 4.97. The number of aromatic amines is 1. The highest BCUT2D eigenvalue weighted by Crippen LogP contribution is 2.22. The molecule has 3 aliphatic rings. The van der Waals surface area contributed by atoms with Crippen molar-refractivity contribution in [2.75, 3.05) is 19.6 Å². The molecule has 0 unspecified atom stereocenters. The number of aliphatic carboxylic acids is 1. The van der Waals surface area contributed by atoms with Crippen LogP contribution in [0, 0.1) is 0 Å². The van der Waals surface area contributed by atoms with Crippen LogP contribution in [0.4, 0.5) is 0 Å². The molecule has 0 radical (unpaired) electrons. The number of likely N-dealkylation sites (tertiary alicyclic amines) is 2. The Labute approximate surface area is 185 Å². The highest BCUT2D eigenvalue weighted by atomic mass is 16.4. The molecule has 0 aliphatic carbocycles. The first-order valence-corrected chi connectivity index (χ1v) is 11.3. The second-order valence-electron chi connectivity index (χ2n) is 8.71. The van der Waals surface area contributed by atoms with Crippen molar-refractivity contribution in [1.82, 2.24) is 30.4 Å². The average Bonchev–Trinajstić information content (AvgIpc) is 3.57. The van der Waals surface area contributed by atoms with Gasteiger partial charge in [-0.2, -0.15) is 0 Å². The lowest BCUT2D eigenvalue weighted by Gasteiger charge is -2.30. The third-order valence-electron chi connectivity index (χ3n) is 6.61. The largest absolute Gasteiger partial charge is 0.480 e. The minimum Gasteiger partial charge on any atom is -0.480 e. The number of hydrogen-bond donors (Lipinski definition) is 4. The molecule has 4 rings (SSSR count). The zero-order valence-electron chi connectivity index (χ0n) is 18.0. The first-order valence-electron chi connectivity index (χ1n) is 11.3. The number of rotatable bonds is 7. The predicted molar refractivity (Wildman–Crippen MR) is 112 cm³/mol. The molecule has 4 N–H and O–H groups in total. The van der Waals surface area contributed by atoms with Gasteiger partial charge in [-0.3, -0.25) is 14.4 Å². The summed E-state index contributed by atoms with van der Waals surface area (Å²) in [7, 11) is 0. The van der Waals surface area contributed by atoms with Crippen molar-refractivity contribution in [3.05, 3.63) is 18.2 Å². The standard InChI is InChI=1S/C21H30N6O5/c28-18(16-5-2-8-26(16)19(29)14-4-1-7-23-14)25-15(10-13-11-22-12-24-13)20(30)27-9-3-6-17(27)21(31)32/h11-12,14-17,23H,1-10H2,(H,22,24)(H,25,28)(H,31,32)/t14-,15-,16-,17-/m0/s1. The molecule has 4 heterocycles. The molecule has 174 valence electrons. The number of carboxylic acids is 1. The molecule has 0 spiro atoms.